The Morgan fingerprint density at radius 1 is 0.960 bits per heavy atom. The van der Waals surface area contributed by atoms with E-state index in [1.165, 1.54) is 16.2 Å². The Morgan fingerprint density at radius 3 is 2.12 bits per heavy atom. The van der Waals surface area contributed by atoms with Crippen LogP contribution in [0.1, 0.15) is 33.3 Å². The second kappa shape index (κ2) is 5.98. The van der Waals surface area contributed by atoms with E-state index in [9.17, 15) is 10.2 Å². The van der Waals surface area contributed by atoms with Crippen molar-refractivity contribution in [2.75, 3.05) is 0 Å². The molecule has 130 valence electrons. The van der Waals surface area contributed by atoms with Crippen molar-refractivity contribution in [3.8, 4) is 0 Å². The quantitative estimate of drug-likeness (QED) is 0.747. The van der Waals surface area contributed by atoms with Gasteiger partial charge in [-0.25, -0.2) is 0 Å². The molecular weight excluding hydrogens is 308 g/mol. The summed E-state index contributed by atoms with van der Waals surface area (Å²) in [5.41, 5.74) is -0.818. The van der Waals surface area contributed by atoms with Crippen LogP contribution in [-0.2, 0) is 0 Å². The molecule has 0 aliphatic heterocycles. The summed E-state index contributed by atoms with van der Waals surface area (Å²) < 4.78 is 0. The third-order valence-electron chi connectivity index (χ3n) is 5.85. The van der Waals surface area contributed by atoms with Gasteiger partial charge in [-0.15, -0.1) is 0 Å². The van der Waals surface area contributed by atoms with E-state index in [0.717, 1.165) is 16.2 Å². The van der Waals surface area contributed by atoms with Crippen LogP contribution >= 0.6 is 0 Å². The van der Waals surface area contributed by atoms with Crippen LogP contribution in [-0.4, -0.2) is 21.9 Å². The van der Waals surface area contributed by atoms with Gasteiger partial charge in [0.1, 0.15) is 0 Å². The van der Waals surface area contributed by atoms with Crippen LogP contribution in [0.5, 0.6) is 0 Å². The Bertz CT molecular complexity index is 978. The molecule has 0 saturated heterocycles. The average molecular weight is 334 g/mol. The first-order chi connectivity index (χ1) is 11.7. The fourth-order valence-corrected chi connectivity index (χ4v) is 3.34. The molecule has 0 fully saturated rings. The van der Waals surface area contributed by atoms with Crippen molar-refractivity contribution in [2.24, 2.45) is 5.41 Å². The van der Waals surface area contributed by atoms with Gasteiger partial charge in [-0.05, 0) is 52.3 Å². The number of hydrogen-bond acceptors (Lipinski definition) is 2. The molecule has 3 rings (SSSR count). The van der Waals surface area contributed by atoms with Gasteiger partial charge < -0.3 is 10.2 Å². The predicted octanol–water partition coefficient (Wildman–Crippen LogP) is 4.29. The zero-order chi connectivity index (χ0) is 18.4. The van der Waals surface area contributed by atoms with Crippen molar-refractivity contribution in [3.63, 3.8) is 0 Å². The Morgan fingerprint density at radius 2 is 1.56 bits per heavy atom. The zero-order valence-corrected chi connectivity index (χ0v) is 15.4. The first kappa shape index (κ1) is 17.7. The molecule has 0 radical (unpaired) electrons. The van der Waals surface area contributed by atoms with E-state index in [2.05, 4.69) is 43.0 Å². The van der Waals surface area contributed by atoms with Crippen LogP contribution < -0.4 is 5.22 Å². The maximum absolute atomic E-state index is 11.1. The summed E-state index contributed by atoms with van der Waals surface area (Å²) in [5.74, 6) is 0. The molecule has 2 atom stereocenters. The number of hydrogen-bond donors (Lipinski definition) is 2. The van der Waals surface area contributed by atoms with E-state index in [1.807, 2.05) is 32.1 Å². The molecule has 0 saturated carbocycles. The topological polar surface area (TPSA) is 40.5 Å². The highest BCUT2D eigenvalue weighted by atomic mass is 16.3. The average Bonchev–Trinajstić information content (AvgIpc) is 2.57. The second-order valence-corrected chi connectivity index (χ2v) is 7.66. The predicted molar refractivity (Wildman–Crippen MR) is 107 cm³/mol. The molecule has 0 spiro atoms. The van der Waals surface area contributed by atoms with Crippen molar-refractivity contribution >= 4 is 33.7 Å². The number of benzene rings is 3. The molecular formula is C23H26O2. The SMILES string of the molecule is C=Cc1ccc2cccc3cc/c(=C/C(C)(O)C(C)(C)C(C)O)c1c23. The first-order valence-electron chi connectivity index (χ1n) is 8.69. The Balaban J connectivity index is 2.42. The highest BCUT2D eigenvalue weighted by molar-refractivity contribution is 6.12. The van der Waals surface area contributed by atoms with Gasteiger partial charge in [-0.3, -0.25) is 0 Å². The Kier molecular flexibility index (Phi) is 4.22. The highest BCUT2D eigenvalue weighted by Crippen LogP contribution is 2.36. The summed E-state index contributed by atoms with van der Waals surface area (Å²) in [6.07, 6.45) is 3.08. The lowest BCUT2D eigenvalue weighted by atomic mass is 9.71. The number of rotatable bonds is 4. The smallest absolute Gasteiger partial charge is 0.0883 e. The van der Waals surface area contributed by atoms with Gasteiger partial charge in [0.2, 0.25) is 0 Å². The fourth-order valence-electron chi connectivity index (χ4n) is 3.34. The third kappa shape index (κ3) is 2.76. The number of aliphatic hydroxyl groups excluding tert-OH is 1. The van der Waals surface area contributed by atoms with E-state index in [1.54, 1.807) is 13.8 Å². The van der Waals surface area contributed by atoms with Crippen molar-refractivity contribution in [1.29, 1.82) is 0 Å². The lowest BCUT2D eigenvalue weighted by molar-refractivity contribution is -0.0676. The van der Waals surface area contributed by atoms with Gasteiger partial charge in [-0.1, -0.05) is 69.0 Å². The lowest BCUT2D eigenvalue weighted by Crippen LogP contribution is -2.47. The molecule has 0 aliphatic rings. The second-order valence-electron chi connectivity index (χ2n) is 7.66. The molecule has 25 heavy (non-hydrogen) atoms. The molecule has 0 amide bonds. The molecule has 2 unspecified atom stereocenters. The summed E-state index contributed by atoms with van der Waals surface area (Å²) >= 11 is 0. The van der Waals surface area contributed by atoms with Crippen LogP contribution in [0.3, 0.4) is 0 Å². The molecule has 2 nitrogen and oxygen atoms in total. The largest absolute Gasteiger partial charge is 0.393 e. The Hall–Kier alpha value is -2.16. The van der Waals surface area contributed by atoms with Crippen molar-refractivity contribution in [2.45, 2.75) is 39.4 Å². The van der Waals surface area contributed by atoms with Crippen LogP contribution in [0, 0.1) is 5.41 Å². The van der Waals surface area contributed by atoms with Gasteiger partial charge in [0, 0.05) is 5.41 Å². The summed E-state index contributed by atoms with van der Waals surface area (Å²) in [6.45, 7) is 11.2. The van der Waals surface area contributed by atoms with Crippen LogP contribution in [0.25, 0.3) is 33.7 Å². The zero-order valence-electron chi connectivity index (χ0n) is 15.4. The van der Waals surface area contributed by atoms with Gasteiger partial charge in [0.25, 0.3) is 0 Å². The fraction of sp³-hybridized carbons (Fsp3) is 0.304. The monoisotopic (exact) mass is 334 g/mol. The maximum atomic E-state index is 11.1. The van der Waals surface area contributed by atoms with Gasteiger partial charge in [-0.2, -0.15) is 0 Å². The highest BCUT2D eigenvalue weighted by Gasteiger charge is 2.41. The van der Waals surface area contributed by atoms with E-state index in [0.29, 0.717) is 0 Å². The van der Waals surface area contributed by atoms with Crippen LogP contribution in [0.4, 0.5) is 0 Å². The lowest BCUT2D eigenvalue weighted by Gasteiger charge is -2.40. The molecule has 0 bridgehead atoms. The molecule has 0 aliphatic carbocycles. The van der Waals surface area contributed by atoms with E-state index < -0.39 is 17.1 Å². The molecule has 3 aromatic rings. The summed E-state index contributed by atoms with van der Waals surface area (Å²) in [7, 11) is 0. The molecule has 2 N–H and O–H groups in total. The summed E-state index contributed by atoms with van der Waals surface area (Å²) in [6, 6.07) is 14.6. The van der Waals surface area contributed by atoms with Crippen molar-refractivity contribution in [3.05, 3.63) is 59.8 Å². The standard InChI is InChI=1S/C23H26O2/c1-6-16-10-11-17-8-7-9-18-12-13-19(20(16)21(17)18)14-23(5,25)22(3,4)15(2)24/h6-15,24-25H,1H2,2-5H3/b19-14-. The summed E-state index contributed by atoms with van der Waals surface area (Å²) in [4.78, 5) is 0. The van der Waals surface area contributed by atoms with Crippen LogP contribution in [0.15, 0.2) is 49.0 Å². The Labute approximate surface area is 149 Å². The van der Waals surface area contributed by atoms with E-state index in [-0.39, 0.29) is 0 Å². The maximum Gasteiger partial charge on any atom is 0.0883 e. The molecule has 0 heterocycles. The van der Waals surface area contributed by atoms with Crippen molar-refractivity contribution < 1.29 is 10.2 Å². The van der Waals surface area contributed by atoms with Crippen LogP contribution in [0.2, 0.25) is 0 Å². The molecule has 0 aromatic heterocycles. The van der Waals surface area contributed by atoms with E-state index >= 15 is 0 Å². The van der Waals surface area contributed by atoms with E-state index in [4.69, 9.17) is 0 Å². The van der Waals surface area contributed by atoms with Gasteiger partial charge in [0.15, 0.2) is 0 Å². The minimum Gasteiger partial charge on any atom is -0.393 e. The minimum absolute atomic E-state index is 0.645. The van der Waals surface area contributed by atoms with Crippen molar-refractivity contribution in [1.82, 2.24) is 0 Å². The normalized spacial score (nSPS) is 17.0. The molecule has 3 aromatic carbocycles. The first-order valence-corrected chi connectivity index (χ1v) is 8.69. The molecule has 2 heteroatoms. The minimum atomic E-state index is -1.17. The summed E-state index contributed by atoms with van der Waals surface area (Å²) in [5, 5.41) is 26.8. The number of aliphatic hydroxyl groups is 2. The van der Waals surface area contributed by atoms with Gasteiger partial charge >= 0.3 is 0 Å². The third-order valence-corrected chi connectivity index (χ3v) is 5.85. The van der Waals surface area contributed by atoms with Gasteiger partial charge in [0.05, 0.1) is 11.7 Å².